The van der Waals surface area contributed by atoms with E-state index in [2.05, 4.69) is 5.32 Å². The third-order valence-corrected chi connectivity index (χ3v) is 3.84. The molecule has 0 fully saturated rings. The molecule has 0 aromatic heterocycles. The molecule has 2 aromatic rings. The molecule has 1 atom stereocenters. The minimum Gasteiger partial charge on any atom is -0.493 e. The molecule has 2 aromatic carbocycles. The predicted octanol–water partition coefficient (Wildman–Crippen LogP) is 2.80. The van der Waals surface area contributed by atoms with Crippen LogP contribution < -0.4 is 14.8 Å². The maximum absolute atomic E-state index is 12.3. The van der Waals surface area contributed by atoms with Crippen LogP contribution in [0.15, 0.2) is 48.5 Å². The average molecular weight is 357 g/mol. The van der Waals surface area contributed by atoms with Gasteiger partial charge < -0.3 is 19.5 Å². The van der Waals surface area contributed by atoms with E-state index >= 15 is 0 Å². The second kappa shape index (κ2) is 9.46. The summed E-state index contributed by atoms with van der Waals surface area (Å²) >= 11 is 0. The van der Waals surface area contributed by atoms with Crippen molar-refractivity contribution >= 4 is 11.9 Å². The topological polar surface area (TPSA) is 73.9 Å². The van der Waals surface area contributed by atoms with Crippen molar-refractivity contribution in [3.8, 4) is 11.5 Å². The summed E-state index contributed by atoms with van der Waals surface area (Å²) in [6.45, 7) is 1.78. The van der Waals surface area contributed by atoms with Crippen LogP contribution in [-0.2, 0) is 14.3 Å². The summed E-state index contributed by atoms with van der Waals surface area (Å²) in [5, 5.41) is 2.82. The van der Waals surface area contributed by atoms with Crippen molar-refractivity contribution in [2.24, 2.45) is 0 Å². The van der Waals surface area contributed by atoms with E-state index in [-0.39, 0.29) is 18.9 Å². The van der Waals surface area contributed by atoms with Gasteiger partial charge in [-0.3, -0.25) is 9.59 Å². The van der Waals surface area contributed by atoms with E-state index in [1.54, 1.807) is 18.2 Å². The van der Waals surface area contributed by atoms with Crippen LogP contribution in [0, 0.1) is 6.92 Å². The summed E-state index contributed by atoms with van der Waals surface area (Å²) in [5.74, 6) is 0.279. The van der Waals surface area contributed by atoms with Crippen LogP contribution in [0.1, 0.15) is 23.6 Å². The molecule has 0 unspecified atom stereocenters. The number of methoxy groups -OCH3 is 2. The van der Waals surface area contributed by atoms with Crippen molar-refractivity contribution in [3.05, 3.63) is 59.7 Å². The summed E-state index contributed by atoms with van der Waals surface area (Å²) in [4.78, 5) is 24.0. The molecule has 6 nitrogen and oxygen atoms in total. The molecule has 0 saturated carbocycles. The standard InChI is InChI=1S/C20H23NO5/c1-14-8-10-15(11-9-14)16(12-20(23)25-3)21-19(22)13-26-18-7-5-4-6-17(18)24-2/h4-11,16H,12-13H2,1-3H3,(H,21,22)/t16-/m0/s1. The van der Waals surface area contributed by atoms with Crippen LogP contribution in [0.3, 0.4) is 0 Å². The fourth-order valence-corrected chi connectivity index (χ4v) is 2.42. The summed E-state index contributed by atoms with van der Waals surface area (Å²) in [5.41, 5.74) is 1.92. The van der Waals surface area contributed by atoms with Crippen LogP contribution in [0.2, 0.25) is 0 Å². The van der Waals surface area contributed by atoms with Gasteiger partial charge >= 0.3 is 5.97 Å². The molecule has 0 radical (unpaired) electrons. The van der Waals surface area contributed by atoms with Gasteiger partial charge in [-0.25, -0.2) is 0 Å². The van der Waals surface area contributed by atoms with Gasteiger partial charge in [-0.1, -0.05) is 42.0 Å². The Morgan fingerprint density at radius 3 is 2.27 bits per heavy atom. The number of para-hydroxylation sites is 2. The van der Waals surface area contributed by atoms with Gasteiger partial charge in [0.05, 0.1) is 26.7 Å². The van der Waals surface area contributed by atoms with Gasteiger partial charge in [-0.05, 0) is 24.6 Å². The highest BCUT2D eigenvalue weighted by atomic mass is 16.5. The Labute approximate surface area is 153 Å². The molecule has 2 rings (SSSR count). The van der Waals surface area contributed by atoms with E-state index in [1.165, 1.54) is 14.2 Å². The lowest BCUT2D eigenvalue weighted by molar-refractivity contribution is -0.141. The molecule has 6 heteroatoms. The first-order chi connectivity index (χ1) is 12.5. The zero-order chi connectivity index (χ0) is 18.9. The molecular weight excluding hydrogens is 334 g/mol. The minimum absolute atomic E-state index is 0.0416. The highest BCUT2D eigenvalue weighted by Crippen LogP contribution is 2.25. The van der Waals surface area contributed by atoms with Crippen LogP contribution in [0.4, 0.5) is 0 Å². The number of benzene rings is 2. The lowest BCUT2D eigenvalue weighted by atomic mass is 10.0. The Hall–Kier alpha value is -3.02. The van der Waals surface area contributed by atoms with Crippen molar-refractivity contribution in [2.75, 3.05) is 20.8 Å². The molecule has 138 valence electrons. The van der Waals surface area contributed by atoms with Gasteiger partial charge in [0.2, 0.25) is 0 Å². The number of ether oxygens (including phenoxy) is 3. The maximum atomic E-state index is 12.3. The van der Waals surface area contributed by atoms with E-state index in [1.807, 2.05) is 37.3 Å². The molecule has 0 saturated heterocycles. The largest absolute Gasteiger partial charge is 0.493 e. The van der Waals surface area contributed by atoms with Crippen LogP contribution in [-0.4, -0.2) is 32.7 Å². The number of nitrogens with one attached hydrogen (secondary N) is 1. The number of amides is 1. The highest BCUT2D eigenvalue weighted by molar-refractivity contribution is 5.79. The monoisotopic (exact) mass is 357 g/mol. The van der Waals surface area contributed by atoms with Gasteiger partial charge in [0, 0.05) is 0 Å². The minimum atomic E-state index is -0.489. The molecule has 0 bridgehead atoms. The number of hydrogen-bond donors (Lipinski definition) is 1. The van der Waals surface area contributed by atoms with Gasteiger partial charge in [0.1, 0.15) is 0 Å². The zero-order valence-corrected chi connectivity index (χ0v) is 15.2. The Morgan fingerprint density at radius 1 is 1.00 bits per heavy atom. The molecule has 1 amide bonds. The molecule has 0 aliphatic heterocycles. The third-order valence-electron chi connectivity index (χ3n) is 3.84. The second-order valence-electron chi connectivity index (χ2n) is 5.75. The van der Waals surface area contributed by atoms with Gasteiger partial charge in [-0.15, -0.1) is 0 Å². The van der Waals surface area contributed by atoms with Crippen molar-refractivity contribution < 1.29 is 23.8 Å². The summed E-state index contributed by atoms with van der Waals surface area (Å²) < 4.78 is 15.4. The number of hydrogen-bond acceptors (Lipinski definition) is 5. The molecule has 0 heterocycles. The molecule has 0 aliphatic rings. The quantitative estimate of drug-likeness (QED) is 0.736. The fourth-order valence-electron chi connectivity index (χ4n) is 2.42. The predicted molar refractivity (Wildman–Crippen MR) is 97.2 cm³/mol. The van der Waals surface area contributed by atoms with Crippen molar-refractivity contribution in [1.29, 1.82) is 0 Å². The Balaban J connectivity index is 2.03. The van der Waals surface area contributed by atoms with E-state index in [0.717, 1.165) is 11.1 Å². The Morgan fingerprint density at radius 2 is 1.65 bits per heavy atom. The normalized spacial score (nSPS) is 11.3. The van der Waals surface area contributed by atoms with Crippen LogP contribution >= 0.6 is 0 Å². The smallest absolute Gasteiger partial charge is 0.307 e. The number of carbonyl (C=O) groups is 2. The van der Waals surface area contributed by atoms with E-state index < -0.39 is 12.0 Å². The SMILES string of the molecule is COC(=O)C[C@H](NC(=O)COc1ccccc1OC)c1ccc(C)cc1. The van der Waals surface area contributed by atoms with Crippen LogP contribution in [0.5, 0.6) is 11.5 Å². The van der Waals surface area contributed by atoms with Crippen molar-refractivity contribution in [1.82, 2.24) is 5.32 Å². The Bertz CT molecular complexity index is 742. The first kappa shape index (κ1) is 19.3. The number of rotatable bonds is 8. The van der Waals surface area contributed by atoms with E-state index in [9.17, 15) is 9.59 Å². The maximum Gasteiger partial charge on any atom is 0.307 e. The lowest BCUT2D eigenvalue weighted by Crippen LogP contribution is -2.34. The number of esters is 1. The van der Waals surface area contributed by atoms with Crippen molar-refractivity contribution in [3.63, 3.8) is 0 Å². The first-order valence-electron chi connectivity index (χ1n) is 8.22. The van der Waals surface area contributed by atoms with Crippen LogP contribution in [0.25, 0.3) is 0 Å². The zero-order valence-electron chi connectivity index (χ0n) is 15.2. The third kappa shape index (κ3) is 5.51. The van der Waals surface area contributed by atoms with Gasteiger partial charge in [-0.2, -0.15) is 0 Å². The summed E-state index contributed by atoms with van der Waals surface area (Å²) in [6.07, 6.45) is 0.0416. The molecule has 1 N–H and O–H groups in total. The van der Waals surface area contributed by atoms with E-state index in [0.29, 0.717) is 11.5 Å². The molecule has 0 spiro atoms. The summed E-state index contributed by atoms with van der Waals surface area (Å²) in [6, 6.07) is 14.2. The lowest BCUT2D eigenvalue weighted by Gasteiger charge is -2.19. The van der Waals surface area contributed by atoms with Gasteiger partial charge in [0.15, 0.2) is 18.1 Å². The average Bonchev–Trinajstić information content (AvgIpc) is 2.66. The second-order valence-corrected chi connectivity index (χ2v) is 5.75. The fraction of sp³-hybridized carbons (Fsp3) is 0.300. The number of carbonyl (C=O) groups excluding carboxylic acids is 2. The Kier molecular flexibility index (Phi) is 7.02. The molecule has 26 heavy (non-hydrogen) atoms. The molecule has 0 aliphatic carbocycles. The summed E-state index contributed by atoms with van der Waals surface area (Å²) in [7, 11) is 2.85. The highest BCUT2D eigenvalue weighted by Gasteiger charge is 2.19. The van der Waals surface area contributed by atoms with Gasteiger partial charge in [0.25, 0.3) is 5.91 Å². The van der Waals surface area contributed by atoms with E-state index in [4.69, 9.17) is 14.2 Å². The molecular formula is C20H23NO5. The number of aryl methyl sites for hydroxylation is 1. The first-order valence-corrected chi connectivity index (χ1v) is 8.22. The van der Waals surface area contributed by atoms with Crippen molar-refractivity contribution in [2.45, 2.75) is 19.4 Å².